The molecule has 0 bridgehead atoms. The first-order valence-corrected chi connectivity index (χ1v) is 5.88. The molecule has 0 aliphatic rings. The van der Waals surface area contributed by atoms with Crippen LogP contribution in [0.15, 0.2) is 33.8 Å². The molecule has 0 aliphatic carbocycles. The van der Waals surface area contributed by atoms with Crippen molar-refractivity contribution >= 4 is 37.1 Å². The number of hydrogen-bond donors (Lipinski definition) is 1. The second-order valence-corrected chi connectivity index (χ2v) is 4.92. The summed E-state index contributed by atoms with van der Waals surface area (Å²) < 4.78 is 34.8. The average molecular weight is 278 g/mol. The van der Waals surface area contributed by atoms with E-state index in [4.69, 9.17) is 0 Å². The summed E-state index contributed by atoms with van der Waals surface area (Å²) in [5.41, 5.74) is 0.579. The maximum atomic E-state index is 12.8. The summed E-state index contributed by atoms with van der Waals surface area (Å²) in [6.07, 6.45) is 1.14. The second kappa shape index (κ2) is 3.06. The molecule has 0 amide bonds. The molecule has 0 radical (unpaired) electrons. The Morgan fingerprint density at radius 1 is 1.36 bits per heavy atom. The molecule has 0 saturated carbocycles. The zero-order chi connectivity index (χ0) is 10.3. The molecule has 1 aromatic heterocycles. The molecule has 2 aromatic rings. The van der Waals surface area contributed by atoms with Crippen molar-refractivity contribution in [3.8, 4) is 0 Å². The standard InChI is InChI=1S/C8H5BrFNO2S/c9-5-2-1-3-6-8(5)7(4-11-6)14(10,12)13/h1-4,11H. The van der Waals surface area contributed by atoms with Crippen molar-refractivity contribution < 1.29 is 12.3 Å². The van der Waals surface area contributed by atoms with Crippen molar-refractivity contribution in [1.82, 2.24) is 4.98 Å². The summed E-state index contributed by atoms with van der Waals surface area (Å²) in [6.45, 7) is 0. The van der Waals surface area contributed by atoms with E-state index in [1.807, 2.05) is 0 Å². The normalized spacial score (nSPS) is 12.1. The van der Waals surface area contributed by atoms with E-state index in [1.165, 1.54) is 0 Å². The van der Waals surface area contributed by atoms with Gasteiger partial charge in [-0.15, -0.1) is 3.89 Å². The van der Waals surface area contributed by atoms with Crippen molar-refractivity contribution in [3.05, 3.63) is 28.9 Å². The monoisotopic (exact) mass is 277 g/mol. The molecule has 14 heavy (non-hydrogen) atoms. The summed E-state index contributed by atoms with van der Waals surface area (Å²) in [6, 6.07) is 5.07. The lowest BCUT2D eigenvalue weighted by molar-refractivity contribution is 0.553. The molecule has 1 N–H and O–H groups in total. The SMILES string of the molecule is O=S(=O)(F)c1c[nH]c2cccc(Br)c12. The van der Waals surface area contributed by atoms with Gasteiger partial charge < -0.3 is 4.98 Å². The third-order valence-corrected chi connectivity index (χ3v) is 3.39. The lowest BCUT2D eigenvalue weighted by atomic mass is 10.2. The van der Waals surface area contributed by atoms with E-state index in [0.29, 0.717) is 15.4 Å². The van der Waals surface area contributed by atoms with Crippen LogP contribution in [0.1, 0.15) is 0 Å². The van der Waals surface area contributed by atoms with E-state index < -0.39 is 10.2 Å². The highest BCUT2D eigenvalue weighted by Crippen LogP contribution is 2.30. The van der Waals surface area contributed by atoms with Gasteiger partial charge in [-0.3, -0.25) is 0 Å². The number of hydrogen-bond acceptors (Lipinski definition) is 2. The molecule has 2 rings (SSSR count). The van der Waals surface area contributed by atoms with Crippen LogP contribution in [-0.2, 0) is 10.2 Å². The first-order valence-electron chi connectivity index (χ1n) is 3.70. The number of aromatic nitrogens is 1. The third-order valence-electron chi connectivity index (χ3n) is 1.88. The van der Waals surface area contributed by atoms with Crippen LogP contribution in [0.2, 0.25) is 0 Å². The van der Waals surface area contributed by atoms with E-state index in [1.54, 1.807) is 18.2 Å². The second-order valence-electron chi connectivity index (χ2n) is 2.75. The lowest BCUT2D eigenvalue weighted by Crippen LogP contribution is -1.89. The largest absolute Gasteiger partial charge is 0.360 e. The van der Waals surface area contributed by atoms with Gasteiger partial charge in [0.2, 0.25) is 0 Å². The van der Waals surface area contributed by atoms with Crippen LogP contribution >= 0.6 is 15.9 Å². The molecule has 0 unspecified atom stereocenters. The van der Waals surface area contributed by atoms with Crippen molar-refractivity contribution in [2.75, 3.05) is 0 Å². The van der Waals surface area contributed by atoms with Crippen molar-refractivity contribution in [2.24, 2.45) is 0 Å². The third kappa shape index (κ3) is 1.44. The lowest BCUT2D eigenvalue weighted by Gasteiger charge is -1.95. The average Bonchev–Trinajstić information content (AvgIpc) is 2.47. The van der Waals surface area contributed by atoms with Gasteiger partial charge in [0.25, 0.3) is 0 Å². The first kappa shape index (κ1) is 9.67. The zero-order valence-corrected chi connectivity index (χ0v) is 9.19. The number of halogens is 2. The number of fused-ring (bicyclic) bond motifs is 1. The predicted octanol–water partition coefficient (Wildman–Crippen LogP) is 2.59. The summed E-state index contributed by atoms with van der Waals surface area (Å²) in [4.78, 5) is 2.35. The molecule has 1 aromatic carbocycles. The number of rotatable bonds is 1. The van der Waals surface area contributed by atoms with Crippen LogP contribution in [0.5, 0.6) is 0 Å². The van der Waals surface area contributed by atoms with E-state index in [9.17, 15) is 12.3 Å². The van der Waals surface area contributed by atoms with Crippen LogP contribution in [0.4, 0.5) is 3.89 Å². The summed E-state index contributed by atoms with van der Waals surface area (Å²) in [5, 5.41) is 0.343. The van der Waals surface area contributed by atoms with Gasteiger partial charge in [0.15, 0.2) is 0 Å². The quantitative estimate of drug-likeness (QED) is 0.815. The molecule has 0 aliphatic heterocycles. The molecule has 74 valence electrons. The first-order chi connectivity index (χ1) is 6.50. The fourth-order valence-corrected chi connectivity index (χ4v) is 2.68. The number of H-pyrrole nitrogens is 1. The highest BCUT2D eigenvalue weighted by molar-refractivity contribution is 9.10. The topological polar surface area (TPSA) is 49.9 Å². The molecule has 0 saturated heterocycles. The van der Waals surface area contributed by atoms with Crippen LogP contribution in [-0.4, -0.2) is 13.4 Å². The Balaban J connectivity index is 2.94. The van der Waals surface area contributed by atoms with Gasteiger partial charge in [0, 0.05) is 21.6 Å². The molecular weight excluding hydrogens is 273 g/mol. The van der Waals surface area contributed by atoms with Crippen LogP contribution in [0.3, 0.4) is 0 Å². The molecule has 0 fully saturated rings. The number of aromatic amines is 1. The fraction of sp³-hybridized carbons (Fsp3) is 0. The maximum absolute atomic E-state index is 12.8. The van der Waals surface area contributed by atoms with Gasteiger partial charge in [-0.2, -0.15) is 8.42 Å². The fourth-order valence-electron chi connectivity index (χ4n) is 1.30. The Morgan fingerprint density at radius 2 is 2.07 bits per heavy atom. The highest BCUT2D eigenvalue weighted by atomic mass is 79.9. The van der Waals surface area contributed by atoms with Crippen molar-refractivity contribution in [2.45, 2.75) is 4.90 Å². The van der Waals surface area contributed by atoms with E-state index in [0.717, 1.165) is 6.20 Å². The molecule has 0 spiro atoms. The summed E-state index contributed by atoms with van der Waals surface area (Å²) >= 11 is 3.17. The van der Waals surface area contributed by atoms with Crippen LogP contribution in [0, 0.1) is 0 Å². The van der Waals surface area contributed by atoms with Gasteiger partial charge in [-0.25, -0.2) is 0 Å². The van der Waals surface area contributed by atoms with Crippen molar-refractivity contribution in [3.63, 3.8) is 0 Å². The molecule has 6 heteroatoms. The molecule has 0 atom stereocenters. The Bertz CT molecular complexity index is 590. The molecular formula is C8H5BrFNO2S. The summed E-state index contributed by atoms with van der Waals surface area (Å²) in [5.74, 6) is 0. The van der Waals surface area contributed by atoms with E-state index in [2.05, 4.69) is 20.9 Å². The van der Waals surface area contributed by atoms with E-state index >= 15 is 0 Å². The maximum Gasteiger partial charge on any atom is 0.334 e. The number of nitrogens with one attached hydrogen (secondary N) is 1. The van der Waals surface area contributed by atoms with Gasteiger partial charge in [-0.1, -0.05) is 22.0 Å². The van der Waals surface area contributed by atoms with Crippen LogP contribution in [0.25, 0.3) is 10.9 Å². The minimum atomic E-state index is -4.67. The Hall–Kier alpha value is -0.880. The highest BCUT2D eigenvalue weighted by Gasteiger charge is 2.18. The minimum absolute atomic E-state index is 0.333. The van der Waals surface area contributed by atoms with Crippen LogP contribution < -0.4 is 0 Å². The van der Waals surface area contributed by atoms with Gasteiger partial charge in [-0.05, 0) is 12.1 Å². The predicted molar refractivity (Wildman–Crippen MR) is 54.3 cm³/mol. The van der Waals surface area contributed by atoms with Gasteiger partial charge in [0.05, 0.1) is 0 Å². The van der Waals surface area contributed by atoms with E-state index in [-0.39, 0.29) is 4.90 Å². The Kier molecular flexibility index (Phi) is 2.11. The van der Waals surface area contributed by atoms with Gasteiger partial charge in [0.1, 0.15) is 4.90 Å². The van der Waals surface area contributed by atoms with Crippen molar-refractivity contribution in [1.29, 1.82) is 0 Å². The Labute approximate surface area is 88.3 Å². The van der Waals surface area contributed by atoms with Gasteiger partial charge >= 0.3 is 10.2 Å². The molecule has 3 nitrogen and oxygen atoms in total. The minimum Gasteiger partial charge on any atom is -0.360 e. The Morgan fingerprint density at radius 3 is 2.71 bits per heavy atom. The zero-order valence-electron chi connectivity index (χ0n) is 6.79. The molecule has 1 heterocycles. The smallest absolute Gasteiger partial charge is 0.334 e. The summed E-state index contributed by atoms with van der Waals surface area (Å²) in [7, 11) is -4.67. The number of benzene rings is 1.